The second-order valence-electron chi connectivity index (χ2n) is 5.82. The second-order valence-corrected chi connectivity index (χ2v) is 5.82. The van der Waals surface area contributed by atoms with Crippen molar-refractivity contribution in [2.24, 2.45) is 11.7 Å². The van der Waals surface area contributed by atoms with Crippen LogP contribution in [0.5, 0.6) is 0 Å². The molecule has 3 N–H and O–H groups in total. The summed E-state index contributed by atoms with van der Waals surface area (Å²) in [5, 5.41) is 2.98. The summed E-state index contributed by atoms with van der Waals surface area (Å²) >= 11 is 0. The van der Waals surface area contributed by atoms with Crippen LogP contribution in [0.4, 0.5) is 0 Å². The fraction of sp³-hybridized carbons (Fsp3) is 0.867. The number of amides is 2. The molecule has 1 atom stereocenters. The van der Waals surface area contributed by atoms with Gasteiger partial charge in [-0.25, -0.2) is 0 Å². The first kappa shape index (κ1) is 17.0. The number of unbranched alkanes of at least 4 members (excludes halogenated alkanes) is 1. The monoisotopic (exact) mass is 283 g/mol. The molecule has 1 heterocycles. The van der Waals surface area contributed by atoms with Crippen molar-refractivity contribution in [2.45, 2.75) is 58.4 Å². The lowest BCUT2D eigenvalue weighted by atomic mass is 9.95. The lowest BCUT2D eigenvalue weighted by molar-refractivity contribution is -0.135. The summed E-state index contributed by atoms with van der Waals surface area (Å²) < 4.78 is 0. The maximum absolute atomic E-state index is 12.0. The number of likely N-dealkylation sites (tertiary alicyclic amines) is 1. The fourth-order valence-electron chi connectivity index (χ4n) is 2.43. The van der Waals surface area contributed by atoms with Crippen molar-refractivity contribution in [1.29, 1.82) is 0 Å². The second kappa shape index (κ2) is 8.95. The first-order valence-electron chi connectivity index (χ1n) is 7.85. The summed E-state index contributed by atoms with van der Waals surface area (Å²) in [4.78, 5) is 25.8. The lowest BCUT2D eigenvalue weighted by Crippen LogP contribution is -2.43. The van der Waals surface area contributed by atoms with Crippen molar-refractivity contribution < 1.29 is 9.59 Å². The molecule has 1 aliphatic rings. The molecule has 5 nitrogen and oxygen atoms in total. The van der Waals surface area contributed by atoms with Gasteiger partial charge in [-0.15, -0.1) is 0 Å². The van der Waals surface area contributed by atoms with E-state index in [1.807, 2.05) is 11.8 Å². The van der Waals surface area contributed by atoms with E-state index in [2.05, 4.69) is 12.2 Å². The smallest absolute Gasteiger partial charge is 0.223 e. The van der Waals surface area contributed by atoms with E-state index in [0.717, 1.165) is 38.6 Å². The van der Waals surface area contributed by atoms with Gasteiger partial charge in [0.2, 0.25) is 11.8 Å². The quantitative estimate of drug-likeness (QED) is 0.691. The van der Waals surface area contributed by atoms with Crippen molar-refractivity contribution >= 4 is 11.8 Å². The third-order valence-electron chi connectivity index (χ3n) is 3.86. The molecule has 1 fully saturated rings. The summed E-state index contributed by atoms with van der Waals surface area (Å²) in [5.41, 5.74) is 5.67. The van der Waals surface area contributed by atoms with Gasteiger partial charge in [0, 0.05) is 38.0 Å². The van der Waals surface area contributed by atoms with E-state index in [9.17, 15) is 9.59 Å². The number of carbonyl (C=O) groups is 2. The van der Waals surface area contributed by atoms with E-state index in [-0.39, 0.29) is 23.8 Å². The Morgan fingerprint density at radius 2 is 2.00 bits per heavy atom. The number of nitrogens with zero attached hydrogens (tertiary/aromatic N) is 1. The van der Waals surface area contributed by atoms with Gasteiger partial charge < -0.3 is 16.0 Å². The topological polar surface area (TPSA) is 75.4 Å². The third-order valence-corrected chi connectivity index (χ3v) is 3.86. The number of nitrogens with two attached hydrogens (primary N) is 1. The van der Waals surface area contributed by atoms with E-state index in [4.69, 9.17) is 5.73 Å². The molecule has 1 saturated heterocycles. The summed E-state index contributed by atoms with van der Waals surface area (Å²) in [5.74, 6) is 0.401. The van der Waals surface area contributed by atoms with Crippen LogP contribution >= 0.6 is 0 Å². The van der Waals surface area contributed by atoms with Crippen LogP contribution in [-0.4, -0.2) is 42.4 Å². The van der Waals surface area contributed by atoms with Gasteiger partial charge in [-0.1, -0.05) is 13.3 Å². The van der Waals surface area contributed by atoms with Crippen molar-refractivity contribution in [3.05, 3.63) is 0 Å². The van der Waals surface area contributed by atoms with Crippen molar-refractivity contribution in [3.63, 3.8) is 0 Å². The molecule has 5 heteroatoms. The Morgan fingerprint density at radius 3 is 2.55 bits per heavy atom. The van der Waals surface area contributed by atoms with Gasteiger partial charge in [0.1, 0.15) is 0 Å². The highest BCUT2D eigenvalue weighted by Crippen LogP contribution is 2.18. The zero-order chi connectivity index (χ0) is 15.0. The SMILES string of the molecule is CCCCNC(=O)C1CCN(C(=O)CCC(C)N)CC1. The van der Waals surface area contributed by atoms with Gasteiger partial charge in [0.15, 0.2) is 0 Å². The van der Waals surface area contributed by atoms with Crippen molar-refractivity contribution in [2.75, 3.05) is 19.6 Å². The zero-order valence-electron chi connectivity index (χ0n) is 12.9. The Morgan fingerprint density at radius 1 is 1.35 bits per heavy atom. The fourth-order valence-corrected chi connectivity index (χ4v) is 2.43. The largest absolute Gasteiger partial charge is 0.356 e. The van der Waals surface area contributed by atoms with Crippen LogP contribution in [-0.2, 0) is 9.59 Å². The van der Waals surface area contributed by atoms with E-state index >= 15 is 0 Å². The first-order valence-corrected chi connectivity index (χ1v) is 7.85. The molecule has 0 radical (unpaired) electrons. The highest BCUT2D eigenvalue weighted by atomic mass is 16.2. The molecular weight excluding hydrogens is 254 g/mol. The molecule has 1 aliphatic heterocycles. The van der Waals surface area contributed by atoms with Crippen LogP contribution in [0.15, 0.2) is 0 Å². The molecule has 0 aliphatic carbocycles. The van der Waals surface area contributed by atoms with E-state index in [0.29, 0.717) is 19.5 Å². The minimum absolute atomic E-state index is 0.0702. The standard InChI is InChI=1S/C15H29N3O2/c1-3-4-9-17-15(20)13-7-10-18(11-8-13)14(19)6-5-12(2)16/h12-13H,3-11,16H2,1-2H3,(H,17,20). The van der Waals surface area contributed by atoms with E-state index < -0.39 is 0 Å². The van der Waals surface area contributed by atoms with Gasteiger partial charge in [-0.05, 0) is 32.6 Å². The number of hydrogen-bond acceptors (Lipinski definition) is 3. The Hall–Kier alpha value is -1.10. The molecule has 0 aromatic carbocycles. The lowest BCUT2D eigenvalue weighted by Gasteiger charge is -2.31. The van der Waals surface area contributed by atoms with Crippen LogP contribution in [0.2, 0.25) is 0 Å². The number of carbonyl (C=O) groups excluding carboxylic acids is 2. The minimum atomic E-state index is 0.0702. The van der Waals surface area contributed by atoms with Gasteiger partial charge in [0.25, 0.3) is 0 Å². The van der Waals surface area contributed by atoms with Crippen molar-refractivity contribution in [3.8, 4) is 0 Å². The minimum Gasteiger partial charge on any atom is -0.356 e. The highest BCUT2D eigenvalue weighted by molar-refractivity contribution is 5.80. The Bertz CT molecular complexity index is 310. The molecule has 0 bridgehead atoms. The highest BCUT2D eigenvalue weighted by Gasteiger charge is 2.26. The summed E-state index contributed by atoms with van der Waals surface area (Å²) in [6.45, 7) is 6.19. The number of hydrogen-bond donors (Lipinski definition) is 2. The predicted octanol–water partition coefficient (Wildman–Crippen LogP) is 1.27. The average molecular weight is 283 g/mol. The summed E-state index contributed by atoms with van der Waals surface area (Å²) in [6, 6.07) is 0.0702. The van der Waals surface area contributed by atoms with Crippen molar-refractivity contribution in [1.82, 2.24) is 10.2 Å². The van der Waals surface area contributed by atoms with Gasteiger partial charge in [-0.3, -0.25) is 9.59 Å². The Labute approximate surface area is 122 Å². The van der Waals surface area contributed by atoms with Crippen LogP contribution in [0, 0.1) is 5.92 Å². The van der Waals surface area contributed by atoms with Gasteiger partial charge in [-0.2, -0.15) is 0 Å². The van der Waals surface area contributed by atoms with Crippen LogP contribution < -0.4 is 11.1 Å². The normalized spacial score (nSPS) is 17.9. The summed E-state index contributed by atoms with van der Waals surface area (Å²) in [7, 11) is 0. The number of nitrogens with one attached hydrogen (secondary N) is 1. The molecule has 116 valence electrons. The predicted molar refractivity (Wildman–Crippen MR) is 80.1 cm³/mol. The molecule has 0 spiro atoms. The Kier molecular flexibility index (Phi) is 7.59. The molecule has 2 amide bonds. The van der Waals surface area contributed by atoms with Crippen LogP contribution in [0.3, 0.4) is 0 Å². The molecule has 20 heavy (non-hydrogen) atoms. The molecule has 1 rings (SSSR count). The summed E-state index contributed by atoms with van der Waals surface area (Å²) in [6.07, 6.45) is 4.93. The third kappa shape index (κ3) is 5.90. The van der Waals surface area contributed by atoms with E-state index in [1.165, 1.54) is 0 Å². The van der Waals surface area contributed by atoms with Crippen LogP contribution in [0.25, 0.3) is 0 Å². The number of rotatable bonds is 7. The molecular formula is C15H29N3O2. The van der Waals surface area contributed by atoms with E-state index in [1.54, 1.807) is 0 Å². The van der Waals surface area contributed by atoms with Gasteiger partial charge in [0.05, 0.1) is 0 Å². The maximum Gasteiger partial charge on any atom is 0.223 e. The average Bonchev–Trinajstić information content (AvgIpc) is 2.45. The molecule has 0 saturated carbocycles. The number of piperidine rings is 1. The maximum atomic E-state index is 12.0. The van der Waals surface area contributed by atoms with Crippen LogP contribution in [0.1, 0.15) is 52.4 Å². The molecule has 0 aromatic rings. The zero-order valence-corrected chi connectivity index (χ0v) is 12.9. The molecule has 1 unspecified atom stereocenters. The molecule has 0 aromatic heterocycles. The van der Waals surface area contributed by atoms with Gasteiger partial charge >= 0.3 is 0 Å². The Balaban J connectivity index is 2.25. The first-order chi connectivity index (χ1) is 9.54.